The van der Waals surface area contributed by atoms with Crippen LogP contribution in [0.5, 0.6) is 11.5 Å². The third kappa shape index (κ3) is 6.38. The highest BCUT2D eigenvalue weighted by Gasteiger charge is 2.21. The molecule has 9 heteroatoms. The minimum atomic E-state index is -1.16. The summed E-state index contributed by atoms with van der Waals surface area (Å²) < 4.78 is 16.2. The highest BCUT2D eigenvalue weighted by atomic mass is 35.5. The molecule has 0 unspecified atom stereocenters. The first-order valence-corrected chi connectivity index (χ1v) is 9.57. The molecule has 1 atom stereocenters. The molecule has 160 valence electrons. The van der Waals surface area contributed by atoms with Crippen LogP contribution >= 0.6 is 11.6 Å². The Hall–Kier alpha value is -3.26. The van der Waals surface area contributed by atoms with Crippen LogP contribution in [0.4, 0.5) is 4.79 Å². The van der Waals surface area contributed by atoms with Crippen LogP contribution in [0.2, 0.25) is 5.02 Å². The number of benzene rings is 2. The molecule has 3 amide bonds. The van der Waals surface area contributed by atoms with Gasteiger partial charge >= 0.3 is 12.0 Å². The number of hydrogen-bond donors (Lipinski definition) is 2. The number of nitrogens with one attached hydrogen (secondary N) is 2. The van der Waals surface area contributed by atoms with E-state index in [0.717, 1.165) is 5.56 Å². The molecule has 2 aromatic carbocycles. The Labute approximate surface area is 179 Å². The van der Waals surface area contributed by atoms with Crippen molar-refractivity contribution in [2.24, 2.45) is 0 Å². The summed E-state index contributed by atoms with van der Waals surface area (Å²) in [4.78, 5) is 35.7. The lowest BCUT2D eigenvalue weighted by Gasteiger charge is -2.15. The summed E-state index contributed by atoms with van der Waals surface area (Å²) in [6, 6.07) is 11.1. The highest BCUT2D eigenvalue weighted by Crippen LogP contribution is 2.30. The average Bonchev–Trinajstić information content (AvgIpc) is 2.73. The smallest absolute Gasteiger partial charge is 0.339 e. The molecule has 2 rings (SSSR count). The fraction of sp³-hybridized carbons (Fsp3) is 0.286. The molecule has 0 aliphatic heterocycles. The molecule has 2 N–H and O–H groups in total. The first-order valence-electron chi connectivity index (χ1n) is 9.19. The minimum absolute atomic E-state index is 0.162. The molecular weight excluding hydrogens is 412 g/mol. The first kappa shape index (κ1) is 23.0. The zero-order valence-corrected chi connectivity index (χ0v) is 17.6. The van der Waals surface area contributed by atoms with E-state index in [9.17, 15) is 14.4 Å². The summed E-state index contributed by atoms with van der Waals surface area (Å²) in [5, 5.41) is 5.08. The maximum atomic E-state index is 12.4. The summed E-state index contributed by atoms with van der Waals surface area (Å²) in [6.45, 7) is 3.66. The Morgan fingerprint density at radius 1 is 1.10 bits per heavy atom. The number of imide groups is 1. The lowest BCUT2D eigenvalue weighted by atomic mass is 10.2. The molecule has 0 heterocycles. The summed E-state index contributed by atoms with van der Waals surface area (Å²) >= 11 is 6.12. The molecule has 30 heavy (non-hydrogen) atoms. The van der Waals surface area contributed by atoms with E-state index in [1.807, 2.05) is 18.2 Å². The predicted molar refractivity (Wildman–Crippen MR) is 111 cm³/mol. The second kappa shape index (κ2) is 11.1. The largest absolute Gasteiger partial charge is 0.493 e. The Morgan fingerprint density at radius 3 is 2.50 bits per heavy atom. The Bertz CT molecular complexity index is 918. The van der Waals surface area contributed by atoms with Gasteiger partial charge in [-0.25, -0.2) is 9.59 Å². The molecule has 0 aliphatic rings. The Kier molecular flexibility index (Phi) is 8.49. The van der Waals surface area contributed by atoms with E-state index in [1.54, 1.807) is 19.1 Å². The van der Waals surface area contributed by atoms with Gasteiger partial charge in [-0.1, -0.05) is 29.8 Å². The molecule has 0 aliphatic carbocycles. The molecule has 0 spiro atoms. The van der Waals surface area contributed by atoms with E-state index in [0.29, 0.717) is 23.1 Å². The van der Waals surface area contributed by atoms with Crippen molar-refractivity contribution in [3.63, 3.8) is 0 Å². The summed E-state index contributed by atoms with van der Waals surface area (Å²) in [7, 11) is 1.44. The lowest BCUT2D eigenvalue weighted by Crippen LogP contribution is -2.44. The fourth-order valence-corrected chi connectivity index (χ4v) is 2.58. The number of esters is 1. The number of carbonyl (C=O) groups is 3. The van der Waals surface area contributed by atoms with Crippen molar-refractivity contribution in [1.82, 2.24) is 10.6 Å². The lowest BCUT2D eigenvalue weighted by molar-refractivity contribution is -0.127. The van der Waals surface area contributed by atoms with E-state index < -0.39 is 24.0 Å². The Balaban J connectivity index is 2.02. The monoisotopic (exact) mass is 434 g/mol. The number of hydrogen-bond acceptors (Lipinski definition) is 6. The second-order valence-electron chi connectivity index (χ2n) is 6.14. The van der Waals surface area contributed by atoms with Gasteiger partial charge < -0.3 is 19.5 Å². The summed E-state index contributed by atoms with van der Waals surface area (Å²) in [5.41, 5.74) is 0.964. The van der Waals surface area contributed by atoms with Gasteiger partial charge in [0.05, 0.1) is 12.7 Å². The molecular formula is C21H23ClN2O6. The van der Waals surface area contributed by atoms with Gasteiger partial charge in [-0.15, -0.1) is 0 Å². The van der Waals surface area contributed by atoms with Crippen LogP contribution in [-0.2, 0) is 16.1 Å². The van der Waals surface area contributed by atoms with Crippen LogP contribution in [0.3, 0.4) is 0 Å². The van der Waals surface area contributed by atoms with Crippen LogP contribution in [0.15, 0.2) is 42.5 Å². The molecule has 0 saturated heterocycles. The SMILES string of the molecule is CCNC(=O)NC(=O)[C@H](C)OC(=O)c1ccc(OCc2ccccc2Cl)c(OC)c1. The zero-order valence-electron chi connectivity index (χ0n) is 16.9. The van der Waals surface area contributed by atoms with Crippen LogP contribution in [-0.4, -0.2) is 37.7 Å². The average molecular weight is 435 g/mol. The van der Waals surface area contributed by atoms with Gasteiger partial charge in [0.15, 0.2) is 17.6 Å². The van der Waals surface area contributed by atoms with Crippen LogP contribution < -0.4 is 20.1 Å². The van der Waals surface area contributed by atoms with Crippen LogP contribution in [0.25, 0.3) is 0 Å². The highest BCUT2D eigenvalue weighted by molar-refractivity contribution is 6.31. The van der Waals surface area contributed by atoms with Crippen molar-refractivity contribution < 1.29 is 28.6 Å². The van der Waals surface area contributed by atoms with Gasteiger partial charge in [0.2, 0.25) is 0 Å². The predicted octanol–water partition coefficient (Wildman–Crippen LogP) is 3.32. The molecule has 2 aromatic rings. The van der Waals surface area contributed by atoms with Gasteiger partial charge in [-0.3, -0.25) is 10.1 Å². The number of halogens is 1. The molecule has 0 aromatic heterocycles. The standard InChI is InChI=1S/C21H23ClN2O6/c1-4-23-21(27)24-19(25)13(2)30-20(26)14-9-10-17(18(11-14)28-3)29-12-15-7-5-6-8-16(15)22/h5-11,13H,4,12H2,1-3H3,(H2,23,24,25,27)/t13-/m0/s1. The molecule has 8 nitrogen and oxygen atoms in total. The van der Waals surface area contributed by atoms with Gasteiger partial charge in [0.25, 0.3) is 5.91 Å². The van der Waals surface area contributed by atoms with E-state index in [1.165, 1.54) is 26.2 Å². The minimum Gasteiger partial charge on any atom is -0.493 e. The Morgan fingerprint density at radius 2 is 1.83 bits per heavy atom. The van der Waals surface area contributed by atoms with Crippen molar-refractivity contribution in [1.29, 1.82) is 0 Å². The summed E-state index contributed by atoms with van der Waals surface area (Å²) in [6.07, 6.45) is -1.16. The third-order valence-corrected chi connectivity index (χ3v) is 4.34. The van der Waals surface area contributed by atoms with Crippen molar-refractivity contribution >= 4 is 29.5 Å². The maximum Gasteiger partial charge on any atom is 0.339 e. The summed E-state index contributed by atoms with van der Waals surface area (Å²) in [5.74, 6) is -0.752. The van der Waals surface area contributed by atoms with Crippen molar-refractivity contribution in [3.8, 4) is 11.5 Å². The number of amides is 3. The van der Waals surface area contributed by atoms with Crippen LogP contribution in [0, 0.1) is 0 Å². The van der Waals surface area contributed by atoms with Gasteiger partial charge in [-0.2, -0.15) is 0 Å². The number of carbonyl (C=O) groups excluding carboxylic acids is 3. The van der Waals surface area contributed by atoms with E-state index in [4.69, 9.17) is 25.8 Å². The topological polar surface area (TPSA) is 103 Å². The van der Waals surface area contributed by atoms with E-state index >= 15 is 0 Å². The molecule has 0 radical (unpaired) electrons. The van der Waals surface area contributed by atoms with Gasteiger partial charge in [-0.05, 0) is 38.1 Å². The first-order chi connectivity index (χ1) is 14.3. The van der Waals surface area contributed by atoms with E-state index in [-0.39, 0.29) is 12.2 Å². The number of rotatable bonds is 8. The number of urea groups is 1. The van der Waals surface area contributed by atoms with E-state index in [2.05, 4.69) is 10.6 Å². The molecule has 0 saturated carbocycles. The third-order valence-electron chi connectivity index (χ3n) is 3.97. The van der Waals surface area contributed by atoms with Crippen molar-refractivity contribution in [3.05, 3.63) is 58.6 Å². The maximum absolute atomic E-state index is 12.4. The normalized spacial score (nSPS) is 11.2. The second-order valence-corrected chi connectivity index (χ2v) is 6.55. The van der Waals surface area contributed by atoms with Crippen molar-refractivity contribution in [2.45, 2.75) is 26.6 Å². The molecule has 0 bridgehead atoms. The van der Waals surface area contributed by atoms with Gasteiger partial charge in [0, 0.05) is 17.1 Å². The zero-order chi connectivity index (χ0) is 22.1. The number of methoxy groups -OCH3 is 1. The van der Waals surface area contributed by atoms with Crippen molar-refractivity contribution in [2.75, 3.05) is 13.7 Å². The molecule has 0 fully saturated rings. The number of ether oxygens (including phenoxy) is 3. The van der Waals surface area contributed by atoms with Crippen LogP contribution in [0.1, 0.15) is 29.8 Å². The fourth-order valence-electron chi connectivity index (χ4n) is 2.39. The quantitative estimate of drug-likeness (QED) is 0.618. The van der Waals surface area contributed by atoms with Gasteiger partial charge in [0.1, 0.15) is 6.61 Å².